The van der Waals surface area contributed by atoms with Crippen molar-refractivity contribution < 1.29 is 9.47 Å². The molecule has 2 heteroatoms. The van der Waals surface area contributed by atoms with E-state index in [0.717, 1.165) is 61.5 Å². The summed E-state index contributed by atoms with van der Waals surface area (Å²) in [6.45, 7) is 19.3. The number of ether oxygens (including phenoxy) is 2. The van der Waals surface area contributed by atoms with E-state index in [0.29, 0.717) is 0 Å². The van der Waals surface area contributed by atoms with Gasteiger partial charge in [-0.05, 0) is 87.8 Å². The quantitative estimate of drug-likeness (QED) is 0.223. The first-order valence-corrected chi connectivity index (χ1v) is 14.6. The minimum absolute atomic E-state index is 0.0267. The van der Waals surface area contributed by atoms with Gasteiger partial charge in [0.25, 0.3) is 0 Å². The Labute approximate surface area is 212 Å². The molecule has 0 N–H and O–H groups in total. The van der Waals surface area contributed by atoms with E-state index in [1.165, 1.54) is 74.5 Å². The fourth-order valence-corrected chi connectivity index (χ4v) is 5.59. The zero-order valence-corrected chi connectivity index (χ0v) is 24.0. The van der Waals surface area contributed by atoms with Gasteiger partial charge in [0.15, 0.2) is 0 Å². The lowest BCUT2D eigenvalue weighted by Crippen LogP contribution is -2.36. The summed E-state index contributed by atoms with van der Waals surface area (Å²) in [5, 5.41) is 0. The van der Waals surface area contributed by atoms with Crippen LogP contribution in [0.25, 0.3) is 0 Å². The van der Waals surface area contributed by atoms with Crippen LogP contribution in [0, 0.1) is 31.6 Å². The van der Waals surface area contributed by atoms with Gasteiger partial charge in [0.2, 0.25) is 0 Å². The number of rotatable bonds is 16. The number of unbranched alkanes of at least 4 members (excludes halogenated alkanes) is 1. The van der Waals surface area contributed by atoms with Crippen LogP contribution in [0.1, 0.15) is 135 Å². The largest absolute Gasteiger partial charge is 0.493 e. The molecule has 1 aliphatic rings. The Balaban J connectivity index is 1.75. The van der Waals surface area contributed by atoms with Gasteiger partial charge in [0.1, 0.15) is 17.1 Å². The molecule has 0 aliphatic carbocycles. The van der Waals surface area contributed by atoms with E-state index in [1.807, 2.05) is 0 Å². The number of benzene rings is 1. The smallest absolute Gasteiger partial charge is 0.125 e. The van der Waals surface area contributed by atoms with Crippen LogP contribution in [0.4, 0.5) is 0 Å². The molecule has 1 aromatic carbocycles. The minimum atomic E-state index is -0.0267. The highest BCUT2D eigenvalue weighted by Crippen LogP contribution is 2.42. The van der Waals surface area contributed by atoms with Gasteiger partial charge in [-0.2, -0.15) is 0 Å². The molecular weight excluding hydrogens is 416 g/mol. The SMILES string of the molecule is CCCCOc1c(C)cc2c(c1C)CCC(C)(CCCC(C)CCCC(C)CCCC(C)C)O2. The maximum atomic E-state index is 6.65. The fourth-order valence-electron chi connectivity index (χ4n) is 5.59. The van der Waals surface area contributed by atoms with Crippen LogP contribution in [0.3, 0.4) is 0 Å². The maximum absolute atomic E-state index is 6.65. The molecule has 0 spiro atoms. The van der Waals surface area contributed by atoms with Gasteiger partial charge < -0.3 is 9.47 Å². The maximum Gasteiger partial charge on any atom is 0.125 e. The van der Waals surface area contributed by atoms with Crippen molar-refractivity contribution in [2.45, 2.75) is 144 Å². The highest BCUT2D eigenvalue weighted by molar-refractivity contribution is 5.53. The molecule has 196 valence electrons. The van der Waals surface area contributed by atoms with E-state index in [1.54, 1.807) is 0 Å². The second kappa shape index (κ2) is 14.4. The molecule has 0 saturated heterocycles. The van der Waals surface area contributed by atoms with Gasteiger partial charge in [0.05, 0.1) is 6.61 Å². The number of hydrogen-bond donors (Lipinski definition) is 0. The van der Waals surface area contributed by atoms with Gasteiger partial charge in [-0.15, -0.1) is 0 Å². The van der Waals surface area contributed by atoms with Crippen LogP contribution < -0.4 is 9.47 Å². The molecule has 0 radical (unpaired) electrons. The van der Waals surface area contributed by atoms with E-state index in [-0.39, 0.29) is 5.60 Å². The highest BCUT2D eigenvalue weighted by atomic mass is 16.5. The number of fused-ring (bicyclic) bond motifs is 1. The van der Waals surface area contributed by atoms with E-state index in [9.17, 15) is 0 Å². The van der Waals surface area contributed by atoms with Crippen LogP contribution in [0.15, 0.2) is 6.07 Å². The number of aryl methyl sites for hydroxylation is 1. The lowest BCUT2D eigenvalue weighted by Gasteiger charge is -2.37. The van der Waals surface area contributed by atoms with E-state index in [4.69, 9.17) is 9.47 Å². The van der Waals surface area contributed by atoms with Crippen molar-refractivity contribution in [3.63, 3.8) is 0 Å². The normalized spacial score (nSPS) is 19.6. The highest BCUT2D eigenvalue weighted by Gasteiger charge is 2.33. The first-order chi connectivity index (χ1) is 16.1. The molecule has 34 heavy (non-hydrogen) atoms. The molecule has 3 unspecified atom stereocenters. The average Bonchev–Trinajstić information content (AvgIpc) is 2.75. The first-order valence-electron chi connectivity index (χ1n) is 14.6. The van der Waals surface area contributed by atoms with Gasteiger partial charge >= 0.3 is 0 Å². The van der Waals surface area contributed by atoms with E-state index in [2.05, 4.69) is 61.5 Å². The Morgan fingerprint density at radius 1 is 0.912 bits per heavy atom. The molecule has 1 aliphatic heterocycles. The predicted molar refractivity (Wildman–Crippen MR) is 148 cm³/mol. The van der Waals surface area contributed by atoms with Crippen LogP contribution in [-0.2, 0) is 6.42 Å². The van der Waals surface area contributed by atoms with E-state index < -0.39 is 0 Å². The molecular formula is C32H56O2. The Kier molecular flexibility index (Phi) is 12.3. The zero-order chi connectivity index (χ0) is 25.1. The summed E-state index contributed by atoms with van der Waals surface area (Å²) in [4.78, 5) is 0. The third-order valence-electron chi connectivity index (χ3n) is 8.08. The molecule has 2 rings (SSSR count). The average molecular weight is 473 g/mol. The topological polar surface area (TPSA) is 18.5 Å². The number of hydrogen-bond acceptors (Lipinski definition) is 2. The summed E-state index contributed by atoms with van der Waals surface area (Å²) >= 11 is 0. The van der Waals surface area contributed by atoms with Crippen molar-refractivity contribution in [2.75, 3.05) is 6.61 Å². The summed E-state index contributed by atoms with van der Waals surface area (Å²) < 4.78 is 12.8. The Morgan fingerprint density at radius 3 is 2.15 bits per heavy atom. The first kappa shape index (κ1) is 29.1. The molecule has 0 aromatic heterocycles. The Bertz CT molecular complexity index is 722. The van der Waals surface area contributed by atoms with Crippen molar-refractivity contribution >= 4 is 0 Å². The molecule has 0 fully saturated rings. The van der Waals surface area contributed by atoms with Gasteiger partial charge in [-0.25, -0.2) is 0 Å². The summed E-state index contributed by atoms with van der Waals surface area (Å²) in [7, 11) is 0. The molecule has 3 atom stereocenters. The minimum Gasteiger partial charge on any atom is -0.493 e. The standard InChI is InChI=1S/C32H56O2/c1-9-10-22-33-31-27(6)23-30-29(28(31)7)19-21-32(8,34-30)20-13-18-26(5)17-12-16-25(4)15-11-14-24(2)3/h23-26H,9-22H2,1-8H3. The van der Waals surface area contributed by atoms with Crippen molar-refractivity contribution in [1.29, 1.82) is 0 Å². The van der Waals surface area contributed by atoms with Crippen LogP contribution in [-0.4, -0.2) is 12.2 Å². The molecule has 2 nitrogen and oxygen atoms in total. The third-order valence-corrected chi connectivity index (χ3v) is 8.08. The molecule has 0 saturated carbocycles. The summed E-state index contributed by atoms with van der Waals surface area (Å²) in [5.41, 5.74) is 3.84. The third kappa shape index (κ3) is 9.46. The van der Waals surface area contributed by atoms with Crippen molar-refractivity contribution in [2.24, 2.45) is 17.8 Å². The van der Waals surface area contributed by atoms with Crippen LogP contribution >= 0.6 is 0 Å². The Hall–Kier alpha value is -1.18. The van der Waals surface area contributed by atoms with Crippen LogP contribution in [0.2, 0.25) is 0 Å². The predicted octanol–water partition coefficient (Wildman–Crippen LogP) is 10.0. The summed E-state index contributed by atoms with van der Waals surface area (Å²) in [6.07, 6.45) is 16.6. The van der Waals surface area contributed by atoms with Gasteiger partial charge in [-0.3, -0.25) is 0 Å². The lowest BCUT2D eigenvalue weighted by molar-refractivity contribution is 0.0520. The second-order valence-electron chi connectivity index (χ2n) is 12.2. The summed E-state index contributed by atoms with van der Waals surface area (Å²) in [5.74, 6) is 4.76. The van der Waals surface area contributed by atoms with Crippen molar-refractivity contribution in [1.82, 2.24) is 0 Å². The van der Waals surface area contributed by atoms with E-state index >= 15 is 0 Å². The monoisotopic (exact) mass is 472 g/mol. The van der Waals surface area contributed by atoms with Crippen LogP contribution in [0.5, 0.6) is 11.5 Å². The van der Waals surface area contributed by atoms with Crippen molar-refractivity contribution in [3.8, 4) is 11.5 Å². The summed E-state index contributed by atoms with van der Waals surface area (Å²) in [6, 6.07) is 2.23. The zero-order valence-electron chi connectivity index (χ0n) is 24.0. The lowest BCUT2D eigenvalue weighted by atomic mass is 9.85. The van der Waals surface area contributed by atoms with Crippen molar-refractivity contribution in [3.05, 3.63) is 22.8 Å². The Morgan fingerprint density at radius 2 is 1.53 bits per heavy atom. The second-order valence-corrected chi connectivity index (χ2v) is 12.2. The van der Waals surface area contributed by atoms with Gasteiger partial charge in [-0.1, -0.05) is 86.0 Å². The fraction of sp³-hybridized carbons (Fsp3) is 0.812. The molecule has 1 aromatic rings. The molecule has 0 amide bonds. The molecule has 1 heterocycles. The molecule has 0 bridgehead atoms. The van der Waals surface area contributed by atoms with Gasteiger partial charge in [0, 0.05) is 5.56 Å².